The number of carbonyl (C=O) groups excluding carboxylic acids is 2. The minimum atomic E-state index is -0.0302. The Bertz CT molecular complexity index is 752. The molecule has 1 aromatic heterocycles. The summed E-state index contributed by atoms with van der Waals surface area (Å²) < 4.78 is 2.72. The highest BCUT2D eigenvalue weighted by molar-refractivity contribution is 9.10. The Hall–Kier alpha value is -2.12. The summed E-state index contributed by atoms with van der Waals surface area (Å²) >= 11 is 3.39. The molecule has 1 fully saturated rings. The van der Waals surface area contributed by atoms with E-state index in [0.29, 0.717) is 38.4 Å². The summed E-state index contributed by atoms with van der Waals surface area (Å²) in [7, 11) is 1.86. The number of rotatable bonds is 4. The number of para-hydroxylation sites is 1. The van der Waals surface area contributed by atoms with Gasteiger partial charge in [-0.1, -0.05) is 18.2 Å². The van der Waals surface area contributed by atoms with Gasteiger partial charge < -0.3 is 14.8 Å². The minimum Gasteiger partial charge on any atom is -0.345 e. The van der Waals surface area contributed by atoms with E-state index in [4.69, 9.17) is 0 Å². The first-order valence-electron chi connectivity index (χ1n) is 8.21. The molecule has 1 aliphatic rings. The molecular weight excluding hydrogens is 384 g/mol. The number of halogens is 1. The lowest BCUT2D eigenvalue weighted by molar-refractivity contribution is -0.117. The Morgan fingerprint density at radius 2 is 1.80 bits per heavy atom. The molecule has 1 aliphatic heterocycles. The van der Waals surface area contributed by atoms with Gasteiger partial charge in [-0.05, 0) is 34.1 Å². The third kappa shape index (κ3) is 4.49. The summed E-state index contributed by atoms with van der Waals surface area (Å²) in [6, 6.07) is 11.3. The largest absolute Gasteiger partial charge is 0.345 e. The van der Waals surface area contributed by atoms with Crippen molar-refractivity contribution in [3.05, 3.63) is 52.8 Å². The van der Waals surface area contributed by atoms with E-state index in [9.17, 15) is 9.59 Å². The molecule has 1 aromatic carbocycles. The van der Waals surface area contributed by atoms with Crippen LogP contribution in [0, 0.1) is 0 Å². The van der Waals surface area contributed by atoms with Crippen molar-refractivity contribution in [2.45, 2.75) is 0 Å². The second-order valence-electron chi connectivity index (χ2n) is 6.14. The average Bonchev–Trinajstić information content (AvgIpc) is 2.94. The lowest BCUT2D eigenvalue weighted by atomic mass is 10.2. The molecule has 2 aromatic rings. The van der Waals surface area contributed by atoms with Crippen LogP contribution in [0.4, 0.5) is 5.69 Å². The van der Waals surface area contributed by atoms with Crippen LogP contribution in [0.15, 0.2) is 47.1 Å². The molecule has 0 radical (unpaired) electrons. The molecule has 0 unspecified atom stereocenters. The predicted octanol–water partition coefficient (Wildman–Crippen LogP) is 2.18. The maximum Gasteiger partial charge on any atom is 0.270 e. The van der Waals surface area contributed by atoms with Crippen LogP contribution in [0.25, 0.3) is 0 Å². The van der Waals surface area contributed by atoms with E-state index in [0.717, 1.165) is 10.2 Å². The maximum atomic E-state index is 12.6. The van der Waals surface area contributed by atoms with Crippen LogP contribution in [-0.4, -0.2) is 58.9 Å². The number of amides is 2. The second-order valence-corrected chi connectivity index (χ2v) is 7.05. The number of benzene rings is 1. The average molecular weight is 405 g/mol. The summed E-state index contributed by atoms with van der Waals surface area (Å²) in [6.07, 6.45) is 1.87. The van der Waals surface area contributed by atoms with E-state index >= 15 is 0 Å². The molecule has 0 spiro atoms. The van der Waals surface area contributed by atoms with Gasteiger partial charge >= 0.3 is 0 Å². The number of hydrogen-bond acceptors (Lipinski definition) is 3. The highest BCUT2D eigenvalue weighted by Crippen LogP contribution is 2.16. The van der Waals surface area contributed by atoms with Gasteiger partial charge in [0.05, 0.1) is 6.54 Å². The Morgan fingerprint density at radius 3 is 2.40 bits per heavy atom. The number of carbonyl (C=O) groups is 2. The van der Waals surface area contributed by atoms with Gasteiger partial charge in [0.1, 0.15) is 5.69 Å². The molecule has 1 saturated heterocycles. The fourth-order valence-electron chi connectivity index (χ4n) is 2.93. The molecule has 2 amide bonds. The van der Waals surface area contributed by atoms with E-state index in [2.05, 4.69) is 26.1 Å². The van der Waals surface area contributed by atoms with Crippen LogP contribution in [0.3, 0.4) is 0 Å². The molecule has 25 heavy (non-hydrogen) atoms. The zero-order valence-corrected chi connectivity index (χ0v) is 15.7. The van der Waals surface area contributed by atoms with Crippen molar-refractivity contribution < 1.29 is 9.59 Å². The normalized spacial score (nSPS) is 15.2. The van der Waals surface area contributed by atoms with Crippen molar-refractivity contribution >= 4 is 33.4 Å². The van der Waals surface area contributed by atoms with Crippen molar-refractivity contribution in [3.8, 4) is 0 Å². The monoisotopic (exact) mass is 404 g/mol. The smallest absolute Gasteiger partial charge is 0.270 e. The van der Waals surface area contributed by atoms with Gasteiger partial charge in [-0.25, -0.2) is 0 Å². The first-order chi connectivity index (χ1) is 12.0. The van der Waals surface area contributed by atoms with E-state index in [1.807, 2.05) is 59.1 Å². The molecule has 0 bridgehead atoms. The van der Waals surface area contributed by atoms with Gasteiger partial charge in [0.15, 0.2) is 0 Å². The van der Waals surface area contributed by atoms with Crippen molar-refractivity contribution in [1.82, 2.24) is 14.4 Å². The van der Waals surface area contributed by atoms with Gasteiger partial charge in [-0.3, -0.25) is 14.5 Å². The van der Waals surface area contributed by atoms with E-state index in [1.165, 1.54) is 0 Å². The predicted molar refractivity (Wildman–Crippen MR) is 101 cm³/mol. The van der Waals surface area contributed by atoms with Crippen LogP contribution < -0.4 is 5.32 Å². The molecule has 2 heterocycles. The molecule has 132 valence electrons. The number of aromatic nitrogens is 1. The zero-order chi connectivity index (χ0) is 17.8. The summed E-state index contributed by atoms with van der Waals surface area (Å²) in [6.45, 7) is 2.98. The SMILES string of the molecule is Cn1cc(Br)cc1C(=O)N1CCN(CC(=O)Nc2ccccc2)CC1. The number of hydrogen-bond donors (Lipinski definition) is 1. The van der Waals surface area contributed by atoms with Crippen LogP contribution >= 0.6 is 15.9 Å². The molecule has 1 N–H and O–H groups in total. The number of nitrogens with one attached hydrogen (secondary N) is 1. The van der Waals surface area contributed by atoms with Crippen molar-refractivity contribution in [2.24, 2.45) is 7.05 Å². The fourth-order valence-corrected chi connectivity index (χ4v) is 3.46. The molecule has 7 heteroatoms. The van der Waals surface area contributed by atoms with Crippen molar-refractivity contribution in [1.29, 1.82) is 0 Å². The number of anilines is 1. The lowest BCUT2D eigenvalue weighted by Gasteiger charge is -2.34. The zero-order valence-electron chi connectivity index (χ0n) is 14.1. The van der Waals surface area contributed by atoms with Crippen LogP contribution in [0.1, 0.15) is 10.5 Å². The summed E-state index contributed by atoms with van der Waals surface area (Å²) in [5.41, 5.74) is 1.47. The minimum absolute atomic E-state index is 0.0292. The highest BCUT2D eigenvalue weighted by Gasteiger charge is 2.24. The number of nitrogens with zero attached hydrogens (tertiary/aromatic N) is 3. The molecule has 0 saturated carbocycles. The molecule has 0 aliphatic carbocycles. The van der Waals surface area contributed by atoms with Crippen LogP contribution in [-0.2, 0) is 11.8 Å². The third-order valence-corrected chi connectivity index (χ3v) is 4.71. The Labute approximate surface area is 155 Å². The highest BCUT2D eigenvalue weighted by atomic mass is 79.9. The lowest BCUT2D eigenvalue weighted by Crippen LogP contribution is -2.50. The Kier molecular flexibility index (Phi) is 5.55. The fraction of sp³-hybridized carbons (Fsp3) is 0.333. The molecular formula is C18H21BrN4O2. The van der Waals surface area contributed by atoms with Crippen molar-refractivity contribution in [2.75, 3.05) is 38.0 Å². The van der Waals surface area contributed by atoms with Gasteiger partial charge in [0, 0.05) is 49.6 Å². The van der Waals surface area contributed by atoms with Gasteiger partial charge in [-0.15, -0.1) is 0 Å². The quantitative estimate of drug-likeness (QED) is 0.849. The molecule has 3 rings (SSSR count). The second kappa shape index (κ2) is 7.84. The van der Waals surface area contributed by atoms with E-state index in [-0.39, 0.29) is 11.8 Å². The number of aryl methyl sites for hydroxylation is 1. The topological polar surface area (TPSA) is 57.6 Å². The van der Waals surface area contributed by atoms with E-state index in [1.54, 1.807) is 0 Å². The first-order valence-corrected chi connectivity index (χ1v) is 9.00. The Balaban J connectivity index is 1.49. The maximum absolute atomic E-state index is 12.6. The van der Waals surface area contributed by atoms with E-state index < -0.39 is 0 Å². The van der Waals surface area contributed by atoms with Crippen LogP contribution in [0.2, 0.25) is 0 Å². The first kappa shape index (κ1) is 17.7. The van der Waals surface area contributed by atoms with Crippen molar-refractivity contribution in [3.63, 3.8) is 0 Å². The summed E-state index contributed by atoms with van der Waals surface area (Å²) in [5, 5.41) is 2.89. The Morgan fingerprint density at radius 1 is 1.12 bits per heavy atom. The van der Waals surface area contributed by atoms with Gasteiger partial charge in [0.25, 0.3) is 5.91 Å². The third-order valence-electron chi connectivity index (χ3n) is 4.27. The molecule has 0 atom stereocenters. The summed E-state index contributed by atoms with van der Waals surface area (Å²) in [5.74, 6) is -0.000992. The van der Waals surface area contributed by atoms with Gasteiger partial charge in [0.2, 0.25) is 5.91 Å². The summed E-state index contributed by atoms with van der Waals surface area (Å²) in [4.78, 5) is 28.6. The van der Waals surface area contributed by atoms with Crippen LogP contribution in [0.5, 0.6) is 0 Å². The number of piperazine rings is 1. The van der Waals surface area contributed by atoms with Gasteiger partial charge in [-0.2, -0.15) is 0 Å². The molecule has 6 nitrogen and oxygen atoms in total. The standard InChI is InChI=1S/C18H21BrN4O2/c1-21-12-14(19)11-16(21)18(25)23-9-7-22(8-10-23)13-17(24)20-15-5-3-2-4-6-15/h2-6,11-12H,7-10,13H2,1H3,(H,20,24).